The number of nitrogens with two attached hydrogens (primary N) is 1. The van der Waals surface area contributed by atoms with E-state index in [0.29, 0.717) is 0 Å². The molecule has 5 nitrogen and oxygen atoms in total. The molecule has 0 spiro atoms. The van der Waals surface area contributed by atoms with Crippen molar-refractivity contribution in [1.82, 2.24) is 0 Å². The molecule has 24 heavy (non-hydrogen) atoms. The molecule has 1 aliphatic heterocycles. The van der Waals surface area contributed by atoms with Crippen molar-refractivity contribution in [3.8, 4) is 0 Å². The van der Waals surface area contributed by atoms with Crippen molar-refractivity contribution in [1.29, 1.82) is 0 Å². The summed E-state index contributed by atoms with van der Waals surface area (Å²) in [6, 6.07) is 8.01. The van der Waals surface area contributed by atoms with Crippen LogP contribution in [0.3, 0.4) is 0 Å². The maximum atomic E-state index is 12.0. The van der Waals surface area contributed by atoms with Crippen molar-refractivity contribution in [2.24, 2.45) is 5.73 Å². The molecule has 8 heteroatoms. The van der Waals surface area contributed by atoms with Crippen molar-refractivity contribution in [2.45, 2.75) is 32.0 Å². The van der Waals surface area contributed by atoms with E-state index < -0.39 is 12.1 Å². The van der Waals surface area contributed by atoms with Gasteiger partial charge in [0.15, 0.2) is 0 Å². The van der Waals surface area contributed by atoms with E-state index in [9.17, 15) is 18.0 Å². The van der Waals surface area contributed by atoms with Crippen LogP contribution in [0, 0.1) is 0 Å². The Morgan fingerprint density at radius 1 is 1.38 bits per heavy atom. The van der Waals surface area contributed by atoms with E-state index in [1.165, 1.54) is 5.56 Å². The molecule has 2 rings (SSSR count). The third-order valence-electron chi connectivity index (χ3n) is 3.35. The highest BCUT2D eigenvalue weighted by Gasteiger charge is 2.38. The predicted octanol–water partition coefficient (Wildman–Crippen LogP) is 2.50. The Kier molecular flexibility index (Phi) is 6.97. The average molecular weight is 344 g/mol. The molecule has 1 atom stereocenters. The van der Waals surface area contributed by atoms with E-state index >= 15 is 0 Å². The SMILES string of the molecule is CCC(N)C=CC(=O)N1CCc2ccccc21.O=C(O)C(F)(F)F. The fraction of sp³-hybridized carbons (Fsp3) is 0.375. The third-order valence-corrected chi connectivity index (χ3v) is 3.35. The van der Waals surface area contributed by atoms with Crippen molar-refractivity contribution >= 4 is 17.6 Å². The predicted molar refractivity (Wildman–Crippen MR) is 83.6 cm³/mol. The van der Waals surface area contributed by atoms with Gasteiger partial charge in [0.1, 0.15) is 0 Å². The van der Waals surface area contributed by atoms with Crippen LogP contribution >= 0.6 is 0 Å². The number of amides is 1. The van der Waals surface area contributed by atoms with Gasteiger partial charge in [0, 0.05) is 24.4 Å². The second kappa shape index (κ2) is 8.49. The van der Waals surface area contributed by atoms with Gasteiger partial charge in [-0.15, -0.1) is 0 Å². The summed E-state index contributed by atoms with van der Waals surface area (Å²) in [7, 11) is 0. The second-order valence-corrected chi connectivity index (χ2v) is 5.10. The smallest absolute Gasteiger partial charge is 0.475 e. The minimum atomic E-state index is -5.08. The highest BCUT2D eigenvalue weighted by atomic mass is 19.4. The van der Waals surface area contributed by atoms with E-state index in [1.54, 1.807) is 12.2 Å². The number of fused-ring (bicyclic) bond motifs is 1. The zero-order chi connectivity index (χ0) is 18.3. The zero-order valence-electron chi connectivity index (χ0n) is 13.1. The highest BCUT2D eigenvalue weighted by Crippen LogP contribution is 2.27. The topological polar surface area (TPSA) is 83.6 Å². The lowest BCUT2D eigenvalue weighted by atomic mass is 10.2. The van der Waals surface area contributed by atoms with Gasteiger partial charge in [0.25, 0.3) is 5.91 Å². The first kappa shape index (κ1) is 19.7. The quantitative estimate of drug-likeness (QED) is 0.825. The summed E-state index contributed by atoms with van der Waals surface area (Å²) in [6.45, 7) is 2.77. The van der Waals surface area contributed by atoms with Crippen LogP contribution in [0.25, 0.3) is 0 Å². The molecule has 0 aliphatic carbocycles. The number of para-hydroxylation sites is 1. The third kappa shape index (κ3) is 5.69. The summed E-state index contributed by atoms with van der Waals surface area (Å²) in [5.41, 5.74) is 8.04. The second-order valence-electron chi connectivity index (χ2n) is 5.10. The van der Waals surface area contributed by atoms with Gasteiger partial charge in [-0.2, -0.15) is 13.2 Å². The summed E-state index contributed by atoms with van der Waals surface area (Å²) < 4.78 is 31.7. The molecule has 1 aromatic carbocycles. The van der Waals surface area contributed by atoms with Gasteiger partial charge in [-0.05, 0) is 24.5 Å². The standard InChI is InChI=1S/C14H18N2O.C2HF3O2/c1-2-12(15)7-8-14(17)16-10-9-11-5-3-4-6-13(11)16;3-2(4,5)1(6)7/h3-8,12H,2,9-10,15H2,1H3;(H,6,7). The molecule has 1 heterocycles. The molecular formula is C16H19F3N2O3. The number of nitrogens with zero attached hydrogens (tertiary/aromatic N) is 1. The van der Waals surface area contributed by atoms with Crippen LogP contribution in [-0.4, -0.2) is 35.7 Å². The Bertz CT molecular complexity index is 615. The molecular weight excluding hydrogens is 325 g/mol. The fourth-order valence-corrected chi connectivity index (χ4v) is 2.00. The normalized spacial score (nSPS) is 14.8. The van der Waals surface area contributed by atoms with Crippen molar-refractivity contribution in [3.63, 3.8) is 0 Å². The Morgan fingerprint density at radius 3 is 2.50 bits per heavy atom. The summed E-state index contributed by atoms with van der Waals surface area (Å²) in [4.78, 5) is 22.7. The van der Waals surface area contributed by atoms with Gasteiger partial charge >= 0.3 is 12.1 Å². The van der Waals surface area contributed by atoms with E-state index in [0.717, 1.165) is 25.1 Å². The Hall–Kier alpha value is -2.35. The largest absolute Gasteiger partial charge is 0.490 e. The first-order valence-electron chi connectivity index (χ1n) is 7.30. The molecule has 1 amide bonds. The van der Waals surface area contributed by atoms with Crippen LogP contribution < -0.4 is 10.6 Å². The molecule has 1 aliphatic rings. The molecule has 0 aromatic heterocycles. The van der Waals surface area contributed by atoms with E-state index in [2.05, 4.69) is 6.07 Å². The Balaban J connectivity index is 0.000000351. The lowest BCUT2D eigenvalue weighted by molar-refractivity contribution is -0.192. The van der Waals surface area contributed by atoms with Crippen molar-refractivity contribution < 1.29 is 27.9 Å². The monoisotopic (exact) mass is 344 g/mol. The summed E-state index contributed by atoms with van der Waals surface area (Å²) in [6.07, 6.45) is 0.0789. The van der Waals surface area contributed by atoms with Crippen LogP contribution in [0.15, 0.2) is 36.4 Å². The number of carbonyl (C=O) groups excluding carboxylic acids is 1. The Morgan fingerprint density at radius 2 is 1.96 bits per heavy atom. The number of carboxylic acids is 1. The highest BCUT2D eigenvalue weighted by molar-refractivity contribution is 6.02. The van der Waals surface area contributed by atoms with E-state index in [4.69, 9.17) is 15.6 Å². The number of hydrogen-bond acceptors (Lipinski definition) is 3. The summed E-state index contributed by atoms with van der Waals surface area (Å²) in [5, 5.41) is 7.12. The zero-order valence-corrected chi connectivity index (χ0v) is 13.1. The van der Waals surface area contributed by atoms with Gasteiger partial charge in [-0.3, -0.25) is 4.79 Å². The molecule has 3 N–H and O–H groups in total. The molecule has 0 fully saturated rings. The van der Waals surface area contributed by atoms with Gasteiger partial charge in [0.05, 0.1) is 0 Å². The number of alkyl halides is 3. The van der Waals surface area contributed by atoms with Crippen LogP contribution in [0.5, 0.6) is 0 Å². The number of hydrogen-bond donors (Lipinski definition) is 2. The maximum absolute atomic E-state index is 12.0. The Labute approximate surface area is 137 Å². The van der Waals surface area contributed by atoms with Gasteiger partial charge in [-0.25, -0.2) is 4.79 Å². The van der Waals surface area contributed by atoms with Crippen molar-refractivity contribution in [2.75, 3.05) is 11.4 Å². The van der Waals surface area contributed by atoms with Gasteiger partial charge in [0.2, 0.25) is 0 Å². The minimum absolute atomic E-state index is 0.0267. The lowest BCUT2D eigenvalue weighted by Gasteiger charge is -2.15. The number of benzene rings is 1. The van der Waals surface area contributed by atoms with Crippen LogP contribution in [0.1, 0.15) is 18.9 Å². The van der Waals surface area contributed by atoms with Gasteiger partial charge < -0.3 is 15.7 Å². The van der Waals surface area contributed by atoms with Crippen LogP contribution in [0.2, 0.25) is 0 Å². The molecule has 132 valence electrons. The molecule has 0 radical (unpaired) electrons. The summed E-state index contributed by atoms with van der Waals surface area (Å²) >= 11 is 0. The fourth-order valence-electron chi connectivity index (χ4n) is 2.00. The number of carboxylic acid groups (broad SMARTS) is 1. The molecule has 0 saturated heterocycles. The number of aliphatic carboxylic acids is 1. The maximum Gasteiger partial charge on any atom is 0.490 e. The number of halogens is 3. The number of carbonyl (C=O) groups is 2. The van der Waals surface area contributed by atoms with Crippen molar-refractivity contribution in [3.05, 3.63) is 42.0 Å². The molecule has 0 bridgehead atoms. The van der Waals surface area contributed by atoms with Gasteiger partial charge in [-0.1, -0.05) is 31.2 Å². The first-order chi connectivity index (χ1) is 11.2. The summed E-state index contributed by atoms with van der Waals surface area (Å²) in [5.74, 6) is -2.73. The minimum Gasteiger partial charge on any atom is -0.475 e. The lowest BCUT2D eigenvalue weighted by Crippen LogP contribution is -2.27. The number of rotatable bonds is 3. The van der Waals surface area contributed by atoms with E-state index in [1.807, 2.05) is 30.0 Å². The molecule has 0 saturated carbocycles. The van der Waals surface area contributed by atoms with Crippen LogP contribution in [0.4, 0.5) is 18.9 Å². The van der Waals surface area contributed by atoms with Crippen LogP contribution in [-0.2, 0) is 16.0 Å². The first-order valence-corrected chi connectivity index (χ1v) is 7.30. The average Bonchev–Trinajstić information content (AvgIpc) is 2.96. The van der Waals surface area contributed by atoms with E-state index in [-0.39, 0.29) is 11.9 Å². The molecule has 1 unspecified atom stereocenters. The molecule has 1 aromatic rings. The number of anilines is 1.